The normalized spacial score (nSPS) is 11.0. The first kappa shape index (κ1) is 17.8. The highest BCUT2D eigenvalue weighted by Gasteiger charge is 2.13. The highest BCUT2D eigenvalue weighted by atomic mass is 16.4. The summed E-state index contributed by atoms with van der Waals surface area (Å²) >= 11 is 0. The molecule has 0 saturated carbocycles. The first-order chi connectivity index (χ1) is 12.5. The number of phenols is 1. The minimum atomic E-state index is -0.466. The summed E-state index contributed by atoms with van der Waals surface area (Å²) in [6, 6.07) is 8.42. The lowest BCUT2D eigenvalue weighted by atomic mass is 10.0. The van der Waals surface area contributed by atoms with Gasteiger partial charge in [0.25, 0.3) is 0 Å². The first-order valence-corrected chi connectivity index (χ1v) is 8.59. The number of aromatic hydroxyl groups is 1. The summed E-state index contributed by atoms with van der Waals surface area (Å²) in [5, 5.41) is 13.1. The third-order valence-corrected chi connectivity index (χ3v) is 4.38. The van der Waals surface area contributed by atoms with Crippen LogP contribution in [-0.2, 0) is 17.6 Å². The monoisotopic (exact) mass is 355 g/mol. The number of carbonyl (C=O) groups is 1. The van der Waals surface area contributed by atoms with Crippen LogP contribution in [0.15, 0.2) is 50.2 Å². The molecule has 0 aliphatic carbocycles. The molecular weight excluding hydrogens is 334 g/mol. The number of hydrogen-bond donors (Lipinski definition) is 2. The molecule has 2 heterocycles. The third-order valence-electron chi connectivity index (χ3n) is 4.38. The number of furan rings is 1. The van der Waals surface area contributed by atoms with Gasteiger partial charge in [0.15, 0.2) is 0 Å². The fourth-order valence-electron chi connectivity index (χ4n) is 2.94. The molecule has 0 aliphatic heterocycles. The molecule has 26 heavy (non-hydrogen) atoms. The van der Waals surface area contributed by atoms with E-state index in [-0.39, 0.29) is 18.1 Å². The molecule has 136 valence electrons. The number of nitrogens with one attached hydrogen (secondary N) is 1. The topological polar surface area (TPSA) is 92.7 Å². The Morgan fingerprint density at radius 3 is 2.85 bits per heavy atom. The number of fused-ring (bicyclic) bond motifs is 1. The highest BCUT2D eigenvalue weighted by molar-refractivity contribution is 5.82. The maximum Gasteiger partial charge on any atom is 0.339 e. The molecule has 0 atom stereocenters. The molecule has 0 bridgehead atoms. The van der Waals surface area contributed by atoms with Crippen LogP contribution in [0.2, 0.25) is 0 Å². The van der Waals surface area contributed by atoms with Crippen molar-refractivity contribution >= 4 is 16.9 Å². The number of hydrogen-bond acceptors (Lipinski definition) is 5. The van der Waals surface area contributed by atoms with E-state index < -0.39 is 5.63 Å². The average molecular weight is 355 g/mol. The molecule has 0 radical (unpaired) electrons. The molecule has 0 fully saturated rings. The van der Waals surface area contributed by atoms with Gasteiger partial charge in [-0.2, -0.15) is 0 Å². The summed E-state index contributed by atoms with van der Waals surface area (Å²) in [7, 11) is 0. The van der Waals surface area contributed by atoms with Crippen molar-refractivity contribution in [2.24, 2.45) is 0 Å². The highest BCUT2D eigenvalue weighted by Crippen LogP contribution is 2.23. The van der Waals surface area contributed by atoms with Crippen molar-refractivity contribution in [1.82, 2.24) is 5.32 Å². The molecule has 2 N–H and O–H groups in total. The van der Waals surface area contributed by atoms with Crippen LogP contribution >= 0.6 is 0 Å². The first-order valence-electron chi connectivity index (χ1n) is 8.59. The Bertz CT molecular complexity index is 956. The molecule has 6 nitrogen and oxygen atoms in total. The van der Waals surface area contributed by atoms with Gasteiger partial charge < -0.3 is 19.3 Å². The van der Waals surface area contributed by atoms with Crippen molar-refractivity contribution in [1.29, 1.82) is 0 Å². The van der Waals surface area contributed by atoms with Crippen LogP contribution < -0.4 is 10.9 Å². The zero-order chi connectivity index (χ0) is 18.5. The van der Waals surface area contributed by atoms with Crippen LogP contribution in [0, 0.1) is 6.92 Å². The van der Waals surface area contributed by atoms with Gasteiger partial charge in [-0.1, -0.05) is 0 Å². The number of benzene rings is 1. The van der Waals surface area contributed by atoms with E-state index in [1.807, 2.05) is 19.1 Å². The van der Waals surface area contributed by atoms with Crippen molar-refractivity contribution in [2.75, 3.05) is 6.54 Å². The molecule has 0 aliphatic rings. The van der Waals surface area contributed by atoms with Crippen LogP contribution in [0.4, 0.5) is 0 Å². The Balaban J connectivity index is 1.56. The maximum atomic E-state index is 12.2. The van der Waals surface area contributed by atoms with Crippen molar-refractivity contribution < 1.29 is 18.7 Å². The lowest BCUT2D eigenvalue weighted by Gasteiger charge is -2.08. The Hall–Kier alpha value is -3.02. The second kappa shape index (κ2) is 7.91. The zero-order valence-corrected chi connectivity index (χ0v) is 14.6. The van der Waals surface area contributed by atoms with E-state index in [9.17, 15) is 14.7 Å². The van der Waals surface area contributed by atoms with Crippen LogP contribution in [0.3, 0.4) is 0 Å². The lowest BCUT2D eigenvalue weighted by Crippen LogP contribution is -2.25. The predicted molar refractivity (Wildman–Crippen MR) is 97.2 cm³/mol. The van der Waals surface area contributed by atoms with Crippen LogP contribution in [0.5, 0.6) is 5.75 Å². The van der Waals surface area contributed by atoms with E-state index >= 15 is 0 Å². The van der Waals surface area contributed by atoms with Gasteiger partial charge in [-0.25, -0.2) is 4.79 Å². The Morgan fingerprint density at radius 1 is 1.23 bits per heavy atom. The Labute approximate surface area is 150 Å². The zero-order valence-electron chi connectivity index (χ0n) is 14.6. The van der Waals surface area contributed by atoms with E-state index in [0.717, 1.165) is 29.6 Å². The fourth-order valence-corrected chi connectivity index (χ4v) is 2.94. The number of aryl methyl sites for hydroxylation is 2. The summed E-state index contributed by atoms with van der Waals surface area (Å²) in [4.78, 5) is 24.2. The summed E-state index contributed by atoms with van der Waals surface area (Å²) in [6.07, 6.45) is 3.73. The van der Waals surface area contributed by atoms with Crippen molar-refractivity contribution in [3.63, 3.8) is 0 Å². The number of phenolic OH excluding ortho intramolecular Hbond substituents is 1. The lowest BCUT2D eigenvalue weighted by molar-refractivity contribution is -0.121. The molecule has 3 rings (SSSR count). The molecule has 2 aromatic heterocycles. The Morgan fingerprint density at radius 2 is 2.08 bits per heavy atom. The van der Waals surface area contributed by atoms with E-state index in [2.05, 4.69) is 5.32 Å². The van der Waals surface area contributed by atoms with Gasteiger partial charge in [-0.15, -0.1) is 0 Å². The minimum absolute atomic E-state index is 0.0433. The van der Waals surface area contributed by atoms with Gasteiger partial charge >= 0.3 is 5.63 Å². The SMILES string of the molecule is Cc1c(CCC(=O)NCCCc2ccco2)c(=O)oc2cc(O)ccc12. The van der Waals surface area contributed by atoms with Gasteiger partial charge in [-0.3, -0.25) is 4.79 Å². The summed E-state index contributed by atoms with van der Waals surface area (Å²) in [5.41, 5.74) is 1.15. The molecule has 0 spiro atoms. The second-order valence-electron chi connectivity index (χ2n) is 6.21. The summed E-state index contributed by atoms with van der Waals surface area (Å²) in [6.45, 7) is 2.39. The molecule has 3 aromatic rings. The average Bonchev–Trinajstić information content (AvgIpc) is 3.11. The van der Waals surface area contributed by atoms with E-state index in [0.29, 0.717) is 24.1 Å². The predicted octanol–water partition coefficient (Wildman–Crippen LogP) is 3.08. The third kappa shape index (κ3) is 4.14. The van der Waals surface area contributed by atoms with Crippen LogP contribution in [0.1, 0.15) is 29.7 Å². The summed E-state index contributed by atoms with van der Waals surface area (Å²) < 4.78 is 10.5. The summed E-state index contributed by atoms with van der Waals surface area (Å²) in [5.74, 6) is 0.838. The van der Waals surface area contributed by atoms with Crippen molar-refractivity contribution in [3.8, 4) is 5.75 Å². The van der Waals surface area contributed by atoms with E-state index in [1.54, 1.807) is 18.4 Å². The van der Waals surface area contributed by atoms with Crippen LogP contribution in [-0.4, -0.2) is 17.6 Å². The minimum Gasteiger partial charge on any atom is -0.508 e. The molecular formula is C20H21NO5. The Kier molecular flexibility index (Phi) is 5.41. The van der Waals surface area contributed by atoms with Gasteiger partial charge in [0.05, 0.1) is 6.26 Å². The number of rotatable bonds is 7. The van der Waals surface area contributed by atoms with Gasteiger partial charge in [0, 0.05) is 36.4 Å². The van der Waals surface area contributed by atoms with E-state index in [1.165, 1.54) is 6.07 Å². The smallest absolute Gasteiger partial charge is 0.339 e. The van der Waals surface area contributed by atoms with Gasteiger partial charge in [0.2, 0.25) is 5.91 Å². The van der Waals surface area contributed by atoms with E-state index in [4.69, 9.17) is 8.83 Å². The molecule has 0 saturated heterocycles. The molecule has 1 aromatic carbocycles. The largest absolute Gasteiger partial charge is 0.508 e. The number of carbonyl (C=O) groups excluding carboxylic acids is 1. The quantitative estimate of drug-likeness (QED) is 0.502. The van der Waals surface area contributed by atoms with Gasteiger partial charge in [-0.05, 0) is 49.6 Å². The molecule has 1 amide bonds. The van der Waals surface area contributed by atoms with Crippen molar-refractivity contribution in [2.45, 2.75) is 32.6 Å². The number of amides is 1. The maximum absolute atomic E-state index is 12.2. The second-order valence-corrected chi connectivity index (χ2v) is 6.21. The molecule has 0 unspecified atom stereocenters. The fraction of sp³-hybridized carbons (Fsp3) is 0.300. The molecule has 6 heteroatoms. The standard InChI is InChI=1S/C20H21NO5/c1-13-16-7-6-14(22)12-18(16)26-20(24)17(13)8-9-19(23)21-10-2-4-15-5-3-11-25-15/h3,5-7,11-12,22H,2,4,8-10H2,1H3,(H,21,23). The van der Waals surface area contributed by atoms with Crippen molar-refractivity contribution in [3.05, 3.63) is 63.9 Å². The van der Waals surface area contributed by atoms with Gasteiger partial charge in [0.1, 0.15) is 17.1 Å². The van der Waals surface area contributed by atoms with Crippen LogP contribution in [0.25, 0.3) is 11.0 Å².